The maximum Gasteiger partial charge on any atom is 0.158 e. The molecule has 0 saturated carbocycles. The molecule has 1 fully saturated rings. The van der Waals surface area contributed by atoms with Gasteiger partial charge in [0.1, 0.15) is 17.6 Å². The van der Waals surface area contributed by atoms with E-state index in [1.165, 1.54) is 6.33 Å². The smallest absolute Gasteiger partial charge is 0.158 e. The third-order valence-corrected chi connectivity index (χ3v) is 5.13. The minimum absolute atomic E-state index is 0.282. The van der Waals surface area contributed by atoms with Crippen LogP contribution in [0, 0.1) is 0 Å². The highest BCUT2D eigenvalue weighted by atomic mass is 16.5. The molecule has 1 aromatic carbocycles. The molecule has 0 spiro atoms. The number of azide groups is 1. The summed E-state index contributed by atoms with van der Waals surface area (Å²) in [4.78, 5) is 9.02. The first kappa shape index (κ1) is 19.9. The van der Waals surface area contributed by atoms with Crippen molar-refractivity contribution in [2.24, 2.45) is 5.11 Å². The van der Waals surface area contributed by atoms with Gasteiger partial charge in [0.25, 0.3) is 0 Å². The van der Waals surface area contributed by atoms with Crippen LogP contribution in [0.3, 0.4) is 0 Å². The molecule has 2 aromatic heterocycles. The largest absolute Gasteiger partial charge is 0.497 e. The number of piperidine rings is 1. The molecule has 0 amide bonds. The number of aromatic nitrogens is 3. The minimum atomic E-state index is -0.941. The van der Waals surface area contributed by atoms with Gasteiger partial charge in [-0.15, -0.1) is 0 Å². The molecule has 0 bridgehead atoms. The molecule has 3 N–H and O–H groups in total. The number of fused-ring (bicyclic) bond motifs is 1. The summed E-state index contributed by atoms with van der Waals surface area (Å²) in [6.45, 7) is 1.03. The van der Waals surface area contributed by atoms with Gasteiger partial charge in [-0.05, 0) is 29.3 Å². The molecule has 3 atom stereocenters. The second kappa shape index (κ2) is 8.56. The van der Waals surface area contributed by atoms with Crippen molar-refractivity contribution >= 4 is 17.0 Å². The standard InChI is InChI=1S/C19H22N8O3/c1-30-14-4-2-3-13(7-14)23-19-18-12(5-6-27(18)22-11-21-19)8-26-9-15(28)17(24-25-20)16(29)10-26/h2-7,11,15-17,28-29H,8-10H2,1H3,(H,21,22,23)/t15-,16+,17+. The first-order valence-electron chi connectivity index (χ1n) is 9.44. The average molecular weight is 410 g/mol. The van der Waals surface area contributed by atoms with Crippen molar-refractivity contribution in [2.45, 2.75) is 24.8 Å². The molecule has 156 valence electrons. The second-order valence-corrected chi connectivity index (χ2v) is 7.12. The van der Waals surface area contributed by atoms with E-state index in [0.29, 0.717) is 12.4 Å². The first-order chi connectivity index (χ1) is 14.6. The van der Waals surface area contributed by atoms with E-state index in [0.717, 1.165) is 22.5 Å². The molecule has 1 aliphatic rings. The molecule has 11 heteroatoms. The molecular weight excluding hydrogens is 388 g/mol. The normalized spacial score (nSPS) is 21.9. The van der Waals surface area contributed by atoms with E-state index in [2.05, 4.69) is 25.4 Å². The Bertz CT molecular complexity index is 1070. The van der Waals surface area contributed by atoms with Gasteiger partial charge in [-0.1, -0.05) is 11.2 Å². The molecule has 11 nitrogen and oxygen atoms in total. The fourth-order valence-corrected chi connectivity index (χ4v) is 3.73. The van der Waals surface area contributed by atoms with Crippen LogP contribution in [0.4, 0.5) is 11.5 Å². The molecule has 3 heterocycles. The summed E-state index contributed by atoms with van der Waals surface area (Å²) in [6, 6.07) is 8.62. The fraction of sp³-hybridized carbons (Fsp3) is 0.368. The van der Waals surface area contributed by atoms with E-state index in [1.54, 1.807) is 11.6 Å². The molecule has 30 heavy (non-hydrogen) atoms. The van der Waals surface area contributed by atoms with Gasteiger partial charge in [0.05, 0.1) is 25.4 Å². The lowest BCUT2D eigenvalue weighted by atomic mass is 9.99. The van der Waals surface area contributed by atoms with E-state index in [1.807, 2.05) is 41.4 Å². The average Bonchev–Trinajstić information content (AvgIpc) is 3.15. The lowest BCUT2D eigenvalue weighted by molar-refractivity contribution is -0.0287. The number of benzene rings is 1. The minimum Gasteiger partial charge on any atom is -0.497 e. The van der Waals surface area contributed by atoms with Crippen LogP contribution >= 0.6 is 0 Å². The van der Waals surface area contributed by atoms with Crippen molar-refractivity contribution in [3.8, 4) is 5.75 Å². The van der Waals surface area contributed by atoms with Gasteiger partial charge in [-0.3, -0.25) is 4.90 Å². The Balaban J connectivity index is 1.59. The van der Waals surface area contributed by atoms with Gasteiger partial charge in [0, 0.05) is 42.5 Å². The van der Waals surface area contributed by atoms with Crippen LogP contribution in [0.1, 0.15) is 5.56 Å². The Hall–Kier alpha value is -3.37. The number of β-amino-alcohol motifs (C(OH)–C–C–N with tert-alkyl or cyclic N) is 2. The Morgan fingerprint density at radius 2 is 2.10 bits per heavy atom. The van der Waals surface area contributed by atoms with Crippen LogP contribution in [-0.2, 0) is 6.54 Å². The van der Waals surface area contributed by atoms with Crippen molar-refractivity contribution in [1.29, 1.82) is 0 Å². The molecule has 0 aliphatic carbocycles. The van der Waals surface area contributed by atoms with Crippen molar-refractivity contribution < 1.29 is 14.9 Å². The van der Waals surface area contributed by atoms with E-state index >= 15 is 0 Å². The number of anilines is 2. The quantitative estimate of drug-likeness (QED) is 0.319. The van der Waals surface area contributed by atoms with Crippen LogP contribution in [-0.4, -0.2) is 68.2 Å². The molecule has 1 aliphatic heterocycles. The predicted octanol–water partition coefficient (Wildman–Crippen LogP) is 1.70. The van der Waals surface area contributed by atoms with Gasteiger partial charge in [0.2, 0.25) is 0 Å². The highest BCUT2D eigenvalue weighted by Gasteiger charge is 2.34. The summed E-state index contributed by atoms with van der Waals surface area (Å²) in [5.41, 5.74) is 11.2. The Labute approximate surface area is 172 Å². The Morgan fingerprint density at radius 3 is 2.83 bits per heavy atom. The van der Waals surface area contributed by atoms with Gasteiger partial charge >= 0.3 is 0 Å². The summed E-state index contributed by atoms with van der Waals surface area (Å²) in [6.07, 6.45) is 1.43. The number of likely N-dealkylation sites (tertiary alicyclic amines) is 1. The number of hydrogen-bond donors (Lipinski definition) is 3. The molecule has 4 rings (SSSR count). The van der Waals surface area contributed by atoms with Gasteiger partial charge < -0.3 is 20.3 Å². The number of methoxy groups -OCH3 is 1. The summed E-state index contributed by atoms with van der Waals surface area (Å²) < 4.78 is 7.00. The van der Waals surface area contributed by atoms with Gasteiger partial charge in [-0.25, -0.2) is 9.50 Å². The fourth-order valence-electron chi connectivity index (χ4n) is 3.73. The van der Waals surface area contributed by atoms with Crippen LogP contribution < -0.4 is 10.1 Å². The van der Waals surface area contributed by atoms with Crippen molar-refractivity contribution in [2.75, 3.05) is 25.5 Å². The number of rotatable bonds is 6. The van der Waals surface area contributed by atoms with Crippen LogP contribution in [0.5, 0.6) is 5.75 Å². The lowest BCUT2D eigenvalue weighted by Crippen LogP contribution is -2.54. The van der Waals surface area contributed by atoms with Crippen molar-refractivity contribution in [3.63, 3.8) is 0 Å². The topological polar surface area (TPSA) is 144 Å². The van der Waals surface area contributed by atoms with Crippen LogP contribution in [0.15, 0.2) is 48.0 Å². The van der Waals surface area contributed by atoms with E-state index in [-0.39, 0.29) is 13.1 Å². The Morgan fingerprint density at radius 1 is 1.30 bits per heavy atom. The summed E-state index contributed by atoms with van der Waals surface area (Å²) >= 11 is 0. The first-order valence-corrected chi connectivity index (χ1v) is 9.44. The Kier molecular flexibility index (Phi) is 5.68. The highest BCUT2D eigenvalue weighted by molar-refractivity contribution is 5.76. The maximum absolute atomic E-state index is 10.3. The number of ether oxygens (including phenoxy) is 1. The number of hydrogen-bond acceptors (Lipinski definition) is 8. The van der Waals surface area contributed by atoms with Crippen molar-refractivity contribution in [1.82, 2.24) is 19.5 Å². The third-order valence-electron chi connectivity index (χ3n) is 5.13. The predicted molar refractivity (Wildman–Crippen MR) is 109 cm³/mol. The third kappa shape index (κ3) is 4.00. The molecule has 3 aromatic rings. The van der Waals surface area contributed by atoms with E-state index in [9.17, 15) is 10.2 Å². The number of aliphatic hydroxyl groups excluding tert-OH is 2. The van der Waals surface area contributed by atoms with Crippen LogP contribution in [0.2, 0.25) is 0 Å². The summed E-state index contributed by atoms with van der Waals surface area (Å²) in [5, 5.41) is 31.6. The zero-order chi connectivity index (χ0) is 21.1. The molecule has 1 saturated heterocycles. The van der Waals surface area contributed by atoms with Gasteiger partial charge in [0.15, 0.2) is 5.82 Å². The molecular formula is C19H22N8O3. The van der Waals surface area contributed by atoms with Crippen LogP contribution in [0.25, 0.3) is 16.0 Å². The zero-order valence-corrected chi connectivity index (χ0v) is 16.3. The lowest BCUT2D eigenvalue weighted by Gasteiger charge is -2.37. The second-order valence-electron chi connectivity index (χ2n) is 7.12. The van der Waals surface area contributed by atoms with E-state index in [4.69, 9.17) is 10.3 Å². The summed E-state index contributed by atoms with van der Waals surface area (Å²) in [7, 11) is 1.61. The maximum atomic E-state index is 10.3. The van der Waals surface area contributed by atoms with E-state index < -0.39 is 18.2 Å². The zero-order valence-electron chi connectivity index (χ0n) is 16.3. The SMILES string of the molecule is COc1cccc(Nc2ncnn3ccc(CN4C[C@@H](O)[C@H](N=[N+]=[N-])[C@@H](O)C4)c23)c1. The molecule has 0 unspecified atom stereocenters. The highest BCUT2D eigenvalue weighted by Crippen LogP contribution is 2.27. The monoisotopic (exact) mass is 410 g/mol. The van der Waals surface area contributed by atoms with Gasteiger partial charge in [-0.2, -0.15) is 5.10 Å². The van der Waals surface area contributed by atoms with Crippen molar-refractivity contribution in [3.05, 3.63) is 58.9 Å². The number of nitrogens with one attached hydrogen (secondary N) is 1. The number of nitrogens with zero attached hydrogens (tertiary/aromatic N) is 7. The summed E-state index contributed by atoms with van der Waals surface area (Å²) in [5.74, 6) is 1.36. The molecule has 0 radical (unpaired) electrons. The number of aliphatic hydroxyl groups is 2.